The first-order chi connectivity index (χ1) is 11.8. The minimum atomic E-state index is 0.466. The Labute approximate surface area is 144 Å². The average molecular weight is 313 g/mol. The highest BCUT2D eigenvalue weighted by atomic mass is 15.1. The molecule has 2 aromatic rings. The Balaban J connectivity index is 1.85. The lowest BCUT2D eigenvalue weighted by Crippen LogP contribution is -2.15. The van der Waals surface area contributed by atoms with Crippen molar-refractivity contribution in [3.8, 4) is 0 Å². The Kier molecular flexibility index (Phi) is 5.12. The Morgan fingerprint density at radius 3 is 2.71 bits per heavy atom. The average Bonchev–Trinajstić information content (AvgIpc) is 2.65. The fourth-order valence-corrected chi connectivity index (χ4v) is 2.90. The molecule has 1 aliphatic rings. The summed E-state index contributed by atoms with van der Waals surface area (Å²) in [5.41, 5.74) is 2.30. The fraction of sp³-hybridized carbons (Fsp3) is 0.130. The van der Waals surface area contributed by atoms with Crippen molar-refractivity contribution in [2.75, 3.05) is 11.9 Å². The van der Waals surface area contributed by atoms with Gasteiger partial charge in [-0.05, 0) is 47.4 Å². The van der Waals surface area contributed by atoms with E-state index in [-0.39, 0.29) is 0 Å². The Morgan fingerprint density at radius 2 is 1.96 bits per heavy atom. The SMILES string of the molecule is C=C/C=C(\C=C\C1C=CC=CC1)N(C)c1ccc2ccccc2c1. The van der Waals surface area contributed by atoms with Gasteiger partial charge in [-0.25, -0.2) is 0 Å². The van der Waals surface area contributed by atoms with Gasteiger partial charge in [0.15, 0.2) is 0 Å². The van der Waals surface area contributed by atoms with E-state index in [0.29, 0.717) is 5.92 Å². The first-order valence-electron chi connectivity index (χ1n) is 8.35. The topological polar surface area (TPSA) is 3.24 Å². The lowest BCUT2D eigenvalue weighted by Gasteiger charge is -2.21. The molecule has 0 fully saturated rings. The predicted molar refractivity (Wildman–Crippen MR) is 106 cm³/mol. The predicted octanol–water partition coefficient (Wildman–Crippen LogP) is 6.03. The quantitative estimate of drug-likeness (QED) is 0.609. The second-order valence-electron chi connectivity index (χ2n) is 5.99. The number of hydrogen-bond donors (Lipinski definition) is 0. The van der Waals surface area contributed by atoms with Crippen LogP contribution in [0.2, 0.25) is 0 Å². The zero-order chi connectivity index (χ0) is 16.8. The maximum Gasteiger partial charge on any atom is 0.0414 e. The van der Waals surface area contributed by atoms with Gasteiger partial charge in [0.1, 0.15) is 0 Å². The molecule has 0 saturated carbocycles. The number of benzene rings is 2. The fourth-order valence-electron chi connectivity index (χ4n) is 2.90. The monoisotopic (exact) mass is 313 g/mol. The van der Waals surface area contributed by atoms with Gasteiger partial charge in [0, 0.05) is 18.4 Å². The van der Waals surface area contributed by atoms with Crippen molar-refractivity contribution < 1.29 is 0 Å². The molecule has 24 heavy (non-hydrogen) atoms. The molecule has 2 aromatic carbocycles. The molecule has 120 valence electrons. The van der Waals surface area contributed by atoms with Gasteiger partial charge in [0.25, 0.3) is 0 Å². The van der Waals surface area contributed by atoms with Crippen molar-refractivity contribution in [1.29, 1.82) is 0 Å². The largest absolute Gasteiger partial charge is 0.345 e. The molecular weight excluding hydrogens is 290 g/mol. The van der Waals surface area contributed by atoms with Crippen LogP contribution < -0.4 is 4.90 Å². The van der Waals surface area contributed by atoms with E-state index in [1.54, 1.807) is 0 Å². The van der Waals surface area contributed by atoms with Crippen LogP contribution in [-0.2, 0) is 0 Å². The highest BCUT2D eigenvalue weighted by Crippen LogP contribution is 2.25. The van der Waals surface area contributed by atoms with Crippen LogP contribution in [0.4, 0.5) is 5.69 Å². The lowest BCUT2D eigenvalue weighted by atomic mass is 10.00. The van der Waals surface area contributed by atoms with Crippen LogP contribution in [0.5, 0.6) is 0 Å². The molecule has 0 amide bonds. The first-order valence-corrected chi connectivity index (χ1v) is 8.35. The Bertz CT molecular complexity index is 836. The third-order valence-electron chi connectivity index (χ3n) is 4.32. The summed E-state index contributed by atoms with van der Waals surface area (Å²) in [5, 5.41) is 2.52. The smallest absolute Gasteiger partial charge is 0.0414 e. The summed E-state index contributed by atoms with van der Waals surface area (Å²) in [6.45, 7) is 3.86. The van der Waals surface area contributed by atoms with Crippen LogP contribution in [0.15, 0.2) is 103 Å². The first kappa shape index (κ1) is 16.1. The molecule has 0 radical (unpaired) electrons. The van der Waals surface area contributed by atoms with Gasteiger partial charge in [-0.15, -0.1) is 0 Å². The molecular formula is C23H23N. The van der Waals surface area contributed by atoms with E-state index in [4.69, 9.17) is 0 Å². The zero-order valence-corrected chi connectivity index (χ0v) is 14.1. The summed E-state index contributed by atoms with van der Waals surface area (Å²) in [5.74, 6) is 0.466. The third-order valence-corrected chi connectivity index (χ3v) is 4.32. The van der Waals surface area contributed by atoms with Crippen LogP contribution >= 0.6 is 0 Å². The lowest BCUT2D eigenvalue weighted by molar-refractivity contribution is 0.820. The van der Waals surface area contributed by atoms with Gasteiger partial charge in [0.05, 0.1) is 0 Å². The summed E-state index contributed by atoms with van der Waals surface area (Å²) in [7, 11) is 2.10. The molecule has 0 spiro atoms. The molecule has 1 atom stereocenters. The summed E-state index contributed by atoms with van der Waals surface area (Å²) in [6, 6.07) is 15.0. The summed E-state index contributed by atoms with van der Waals surface area (Å²) < 4.78 is 0. The van der Waals surface area contributed by atoms with Crippen molar-refractivity contribution in [2.24, 2.45) is 5.92 Å². The standard InChI is InChI=1S/C23H23N/c1-3-9-22(16-14-19-10-5-4-6-11-19)24(2)23-17-15-20-12-7-8-13-21(20)18-23/h3-10,12-19H,1,11H2,2H3/b16-14+,22-9+. The van der Waals surface area contributed by atoms with Gasteiger partial charge in [-0.2, -0.15) is 0 Å². The number of fused-ring (bicyclic) bond motifs is 1. The van der Waals surface area contributed by atoms with Crippen LogP contribution in [0.25, 0.3) is 10.8 Å². The van der Waals surface area contributed by atoms with Crippen LogP contribution in [0.3, 0.4) is 0 Å². The van der Waals surface area contributed by atoms with E-state index < -0.39 is 0 Å². The molecule has 3 rings (SSSR count). The minimum Gasteiger partial charge on any atom is -0.345 e. The summed E-state index contributed by atoms with van der Waals surface area (Å²) in [6.07, 6.45) is 18.1. The van der Waals surface area contributed by atoms with E-state index in [9.17, 15) is 0 Å². The summed E-state index contributed by atoms with van der Waals surface area (Å²) in [4.78, 5) is 2.20. The number of likely N-dealkylation sites (N-methyl/N-ethyl adjacent to an activating group) is 1. The molecule has 1 unspecified atom stereocenters. The number of rotatable bonds is 5. The van der Waals surface area contributed by atoms with E-state index in [0.717, 1.165) is 12.1 Å². The second kappa shape index (κ2) is 7.65. The normalized spacial score (nSPS) is 17.5. The van der Waals surface area contributed by atoms with Crippen LogP contribution in [0.1, 0.15) is 6.42 Å². The van der Waals surface area contributed by atoms with Crippen molar-refractivity contribution >= 4 is 16.5 Å². The van der Waals surface area contributed by atoms with Gasteiger partial charge >= 0.3 is 0 Å². The molecule has 0 saturated heterocycles. The van der Waals surface area contributed by atoms with Crippen molar-refractivity contribution in [2.45, 2.75) is 6.42 Å². The molecule has 0 heterocycles. The van der Waals surface area contributed by atoms with E-state index >= 15 is 0 Å². The number of anilines is 1. The van der Waals surface area contributed by atoms with E-state index in [1.165, 1.54) is 16.5 Å². The highest BCUT2D eigenvalue weighted by molar-refractivity contribution is 5.86. The van der Waals surface area contributed by atoms with E-state index in [2.05, 4.69) is 97.4 Å². The van der Waals surface area contributed by atoms with Gasteiger partial charge in [0.2, 0.25) is 0 Å². The molecule has 0 N–H and O–H groups in total. The van der Waals surface area contributed by atoms with Gasteiger partial charge in [-0.1, -0.05) is 73.4 Å². The van der Waals surface area contributed by atoms with Gasteiger partial charge < -0.3 is 4.90 Å². The van der Waals surface area contributed by atoms with Gasteiger partial charge in [-0.3, -0.25) is 0 Å². The highest BCUT2D eigenvalue weighted by Gasteiger charge is 2.06. The van der Waals surface area contributed by atoms with Crippen molar-refractivity contribution in [3.63, 3.8) is 0 Å². The molecule has 0 bridgehead atoms. The Morgan fingerprint density at radius 1 is 1.12 bits per heavy atom. The summed E-state index contributed by atoms with van der Waals surface area (Å²) >= 11 is 0. The van der Waals surface area contributed by atoms with Crippen LogP contribution in [0, 0.1) is 5.92 Å². The number of nitrogens with zero attached hydrogens (tertiary/aromatic N) is 1. The molecule has 1 nitrogen and oxygen atoms in total. The number of allylic oxidation sites excluding steroid dienone is 8. The second-order valence-corrected chi connectivity index (χ2v) is 5.99. The maximum absolute atomic E-state index is 3.86. The van der Waals surface area contributed by atoms with Crippen LogP contribution in [-0.4, -0.2) is 7.05 Å². The van der Waals surface area contributed by atoms with Crippen molar-refractivity contribution in [1.82, 2.24) is 0 Å². The minimum absolute atomic E-state index is 0.466. The maximum atomic E-state index is 3.86. The van der Waals surface area contributed by atoms with Crippen molar-refractivity contribution in [3.05, 3.63) is 103 Å². The zero-order valence-electron chi connectivity index (χ0n) is 14.1. The molecule has 0 aliphatic heterocycles. The number of hydrogen-bond acceptors (Lipinski definition) is 1. The molecule has 0 aromatic heterocycles. The molecule has 1 aliphatic carbocycles. The van der Waals surface area contributed by atoms with E-state index in [1.807, 2.05) is 12.2 Å². The molecule has 1 heteroatoms. The third kappa shape index (κ3) is 3.75. The Hall–Kier alpha value is -2.80.